The molecule has 0 aliphatic carbocycles. The number of sulfonamides is 1. The van der Waals surface area contributed by atoms with Gasteiger partial charge in [-0.2, -0.15) is 4.31 Å². The minimum Gasteiger partial charge on any atom is -0.497 e. The van der Waals surface area contributed by atoms with Gasteiger partial charge in [-0.05, 0) is 55.0 Å². The van der Waals surface area contributed by atoms with Crippen molar-refractivity contribution in [2.75, 3.05) is 39.2 Å². The normalized spacial score (nSPS) is 18.0. The number of methoxy groups -OCH3 is 1. The predicted octanol–water partition coefficient (Wildman–Crippen LogP) is 3.42. The van der Waals surface area contributed by atoms with Crippen molar-refractivity contribution < 1.29 is 32.6 Å². The van der Waals surface area contributed by atoms with Crippen LogP contribution < -0.4 is 14.8 Å². The van der Waals surface area contributed by atoms with Gasteiger partial charge in [0, 0.05) is 25.2 Å². The van der Waals surface area contributed by atoms with Crippen LogP contribution in [0.1, 0.15) is 29.8 Å². The summed E-state index contributed by atoms with van der Waals surface area (Å²) in [6, 6.07) is 19.8. The van der Waals surface area contributed by atoms with E-state index in [2.05, 4.69) is 5.32 Å². The summed E-state index contributed by atoms with van der Waals surface area (Å²) in [6.07, 6.45) is -0.452. The second-order valence-electron chi connectivity index (χ2n) is 10.5. The van der Waals surface area contributed by atoms with E-state index in [1.807, 2.05) is 37.3 Å². The number of aliphatic hydroxyl groups excluding tert-OH is 1. The monoisotopic (exact) mass is 595 g/mol. The summed E-state index contributed by atoms with van der Waals surface area (Å²) in [7, 11) is -0.853. The Bertz CT molecular complexity index is 1500. The molecule has 1 aliphatic heterocycles. The molecule has 1 aliphatic rings. The predicted molar refractivity (Wildman–Crippen MR) is 159 cm³/mol. The number of aliphatic hydroxyl groups is 1. The van der Waals surface area contributed by atoms with Gasteiger partial charge in [0.05, 0.1) is 43.2 Å². The van der Waals surface area contributed by atoms with Crippen molar-refractivity contribution in [1.82, 2.24) is 9.21 Å². The molecule has 3 aromatic carbocycles. The van der Waals surface area contributed by atoms with Crippen LogP contribution in [-0.4, -0.2) is 80.5 Å². The molecular weight excluding hydrogens is 558 g/mol. The van der Waals surface area contributed by atoms with Gasteiger partial charge in [-0.25, -0.2) is 8.42 Å². The van der Waals surface area contributed by atoms with E-state index in [9.17, 15) is 23.1 Å². The maximum absolute atomic E-state index is 13.7. The van der Waals surface area contributed by atoms with Gasteiger partial charge in [0.1, 0.15) is 17.6 Å². The van der Waals surface area contributed by atoms with E-state index in [4.69, 9.17) is 9.47 Å². The van der Waals surface area contributed by atoms with Crippen molar-refractivity contribution >= 4 is 27.5 Å². The van der Waals surface area contributed by atoms with Gasteiger partial charge in [0.25, 0.3) is 5.91 Å². The average molecular weight is 596 g/mol. The molecule has 0 radical (unpaired) electrons. The van der Waals surface area contributed by atoms with Crippen molar-refractivity contribution in [2.24, 2.45) is 5.92 Å². The Kier molecular flexibility index (Phi) is 9.87. The number of likely N-dealkylation sites (N-methyl/N-ethyl adjacent to an activating group) is 1. The number of nitrogens with one attached hydrogen (secondary N) is 1. The molecule has 3 aromatic rings. The maximum atomic E-state index is 13.7. The number of nitrogens with zero attached hydrogens (tertiary/aromatic N) is 2. The summed E-state index contributed by atoms with van der Waals surface area (Å²) < 4.78 is 39.4. The largest absolute Gasteiger partial charge is 0.497 e. The molecule has 2 N–H and O–H groups in total. The highest BCUT2D eigenvalue weighted by molar-refractivity contribution is 7.89. The van der Waals surface area contributed by atoms with Crippen LogP contribution in [-0.2, 0) is 21.2 Å². The minimum atomic E-state index is -3.85. The first-order chi connectivity index (χ1) is 20.0. The summed E-state index contributed by atoms with van der Waals surface area (Å²) in [5, 5.41) is 12.8. The fraction of sp³-hybridized carbons (Fsp3) is 0.355. The van der Waals surface area contributed by atoms with E-state index in [1.165, 1.54) is 30.6 Å². The Morgan fingerprint density at radius 1 is 1.14 bits per heavy atom. The molecule has 0 unspecified atom stereocenters. The van der Waals surface area contributed by atoms with Crippen molar-refractivity contribution in [2.45, 2.75) is 37.3 Å². The molecule has 0 saturated heterocycles. The standard InChI is InChI=1S/C31H37N3O7S/c1-21-18-34(22(2)20-35)31(37)27-17-24(32-30(36)16-23-8-6-5-7-9-23)10-15-28(27)41-29(21)19-33(3)42(38,39)26-13-11-25(40-4)12-14-26/h5-15,17,21-22,29,35H,16,18-20H2,1-4H3,(H,32,36)/t21-,22-,29+/m1/s1. The molecule has 2 amide bonds. The number of hydrogen-bond donors (Lipinski definition) is 2. The van der Waals surface area contributed by atoms with E-state index in [0.717, 1.165) is 5.56 Å². The molecule has 0 spiro atoms. The second kappa shape index (κ2) is 13.4. The summed E-state index contributed by atoms with van der Waals surface area (Å²) in [5.41, 5.74) is 1.49. The van der Waals surface area contributed by atoms with Crippen LogP contribution in [0, 0.1) is 5.92 Å². The lowest BCUT2D eigenvalue weighted by Crippen LogP contribution is -2.50. The topological polar surface area (TPSA) is 125 Å². The van der Waals surface area contributed by atoms with Crippen LogP contribution in [0.2, 0.25) is 0 Å². The number of rotatable bonds is 10. The first-order valence-corrected chi connectivity index (χ1v) is 15.1. The quantitative estimate of drug-likeness (QED) is 0.368. The number of carbonyl (C=O) groups excluding carboxylic acids is 2. The molecule has 0 saturated carbocycles. The lowest BCUT2D eigenvalue weighted by atomic mass is 9.99. The van der Waals surface area contributed by atoms with Gasteiger partial charge >= 0.3 is 0 Å². The fourth-order valence-electron chi connectivity index (χ4n) is 4.78. The molecular formula is C31H37N3O7S. The Morgan fingerprint density at radius 2 is 1.83 bits per heavy atom. The van der Waals surface area contributed by atoms with E-state index in [0.29, 0.717) is 11.4 Å². The Hall–Kier alpha value is -3.93. The van der Waals surface area contributed by atoms with E-state index >= 15 is 0 Å². The number of hydrogen-bond acceptors (Lipinski definition) is 7. The van der Waals surface area contributed by atoms with Gasteiger partial charge in [-0.3, -0.25) is 9.59 Å². The number of fused-ring (bicyclic) bond motifs is 1. The van der Waals surface area contributed by atoms with Crippen LogP contribution in [0.25, 0.3) is 0 Å². The number of ether oxygens (including phenoxy) is 2. The third-order valence-corrected chi connectivity index (χ3v) is 9.20. The van der Waals surface area contributed by atoms with Crippen LogP contribution in [0.5, 0.6) is 11.5 Å². The highest BCUT2D eigenvalue weighted by atomic mass is 32.2. The zero-order valence-corrected chi connectivity index (χ0v) is 25.0. The molecule has 3 atom stereocenters. The van der Waals surface area contributed by atoms with E-state index < -0.39 is 22.2 Å². The molecule has 10 nitrogen and oxygen atoms in total. The number of benzene rings is 3. The first kappa shape index (κ1) is 31.0. The third-order valence-electron chi connectivity index (χ3n) is 7.36. The first-order valence-electron chi connectivity index (χ1n) is 13.7. The average Bonchev–Trinajstić information content (AvgIpc) is 2.99. The molecule has 11 heteroatoms. The van der Waals surface area contributed by atoms with Crippen molar-refractivity contribution in [3.05, 3.63) is 83.9 Å². The van der Waals surface area contributed by atoms with Gasteiger partial charge in [0.2, 0.25) is 15.9 Å². The highest BCUT2D eigenvalue weighted by Gasteiger charge is 2.35. The Morgan fingerprint density at radius 3 is 2.48 bits per heavy atom. The van der Waals surface area contributed by atoms with Crippen LogP contribution in [0.4, 0.5) is 5.69 Å². The van der Waals surface area contributed by atoms with E-state index in [1.54, 1.807) is 42.2 Å². The highest BCUT2D eigenvalue weighted by Crippen LogP contribution is 2.31. The molecule has 0 aromatic heterocycles. The zero-order valence-electron chi connectivity index (χ0n) is 24.2. The zero-order chi connectivity index (χ0) is 30.4. The van der Waals surface area contributed by atoms with Crippen molar-refractivity contribution in [3.8, 4) is 11.5 Å². The summed E-state index contributed by atoms with van der Waals surface area (Å²) in [4.78, 5) is 28.1. The van der Waals surface area contributed by atoms with Gasteiger partial charge in [0.15, 0.2) is 0 Å². The van der Waals surface area contributed by atoms with Crippen LogP contribution in [0.15, 0.2) is 77.7 Å². The SMILES string of the molecule is COc1ccc(S(=O)(=O)N(C)C[C@@H]2Oc3ccc(NC(=O)Cc4ccccc4)cc3C(=O)N([C@H](C)CO)C[C@H]2C)cc1. The Balaban J connectivity index is 1.61. The summed E-state index contributed by atoms with van der Waals surface area (Å²) >= 11 is 0. The maximum Gasteiger partial charge on any atom is 0.258 e. The lowest BCUT2D eigenvalue weighted by Gasteiger charge is -2.38. The molecule has 0 fully saturated rings. The second-order valence-corrected chi connectivity index (χ2v) is 12.6. The van der Waals surface area contributed by atoms with Crippen LogP contribution in [0.3, 0.4) is 0 Å². The number of carbonyl (C=O) groups is 2. The molecule has 224 valence electrons. The minimum absolute atomic E-state index is 0.0140. The number of amides is 2. The molecule has 42 heavy (non-hydrogen) atoms. The smallest absolute Gasteiger partial charge is 0.258 e. The van der Waals surface area contributed by atoms with Crippen molar-refractivity contribution in [1.29, 1.82) is 0 Å². The molecule has 4 rings (SSSR count). The summed E-state index contributed by atoms with van der Waals surface area (Å²) in [6.45, 7) is 3.61. The summed E-state index contributed by atoms with van der Waals surface area (Å²) in [5.74, 6) is -0.0607. The fourth-order valence-corrected chi connectivity index (χ4v) is 5.97. The lowest BCUT2D eigenvalue weighted by molar-refractivity contribution is -0.115. The Labute approximate surface area is 246 Å². The van der Waals surface area contributed by atoms with Gasteiger partial charge in [-0.1, -0.05) is 37.3 Å². The van der Waals surface area contributed by atoms with Crippen LogP contribution >= 0.6 is 0 Å². The third kappa shape index (κ3) is 7.10. The van der Waals surface area contributed by atoms with Gasteiger partial charge in [-0.15, -0.1) is 0 Å². The number of anilines is 1. The van der Waals surface area contributed by atoms with E-state index in [-0.39, 0.29) is 60.1 Å². The van der Waals surface area contributed by atoms with Gasteiger partial charge < -0.3 is 24.8 Å². The van der Waals surface area contributed by atoms with Crippen molar-refractivity contribution in [3.63, 3.8) is 0 Å². The molecule has 1 heterocycles. The molecule has 0 bridgehead atoms.